The maximum Gasteiger partial charge on any atom is 0.149 e. The zero-order valence-electron chi connectivity index (χ0n) is 9.19. The van der Waals surface area contributed by atoms with Crippen LogP contribution in [0.3, 0.4) is 0 Å². The van der Waals surface area contributed by atoms with Crippen molar-refractivity contribution in [1.29, 1.82) is 5.26 Å². The van der Waals surface area contributed by atoms with Crippen molar-refractivity contribution >= 4 is 17.4 Å². The first kappa shape index (κ1) is 12.3. The molecule has 0 bridgehead atoms. The Bertz CT molecular complexity index is 592. The van der Waals surface area contributed by atoms with Crippen molar-refractivity contribution < 1.29 is 4.39 Å². The predicted molar refractivity (Wildman–Crippen MR) is 66.5 cm³/mol. The molecule has 0 saturated carbocycles. The summed E-state index contributed by atoms with van der Waals surface area (Å²) in [5.74, 6) is 0.0502. The number of nitriles is 1. The molecule has 1 heterocycles. The highest BCUT2D eigenvalue weighted by Crippen LogP contribution is 2.24. The molecule has 2 aromatic rings. The van der Waals surface area contributed by atoms with E-state index in [1.165, 1.54) is 18.2 Å². The molecular formula is C12H8ClFN4. The smallest absolute Gasteiger partial charge is 0.149 e. The lowest BCUT2D eigenvalue weighted by molar-refractivity contribution is 0.630. The van der Waals surface area contributed by atoms with Gasteiger partial charge < -0.3 is 5.32 Å². The number of benzene rings is 1. The molecule has 0 aliphatic heterocycles. The fourth-order valence-electron chi connectivity index (χ4n) is 1.39. The van der Waals surface area contributed by atoms with Crippen LogP contribution in [0.4, 0.5) is 10.2 Å². The van der Waals surface area contributed by atoms with E-state index < -0.39 is 5.82 Å². The van der Waals surface area contributed by atoms with E-state index in [1.54, 1.807) is 12.1 Å². The SMILES string of the molecule is N#CCNc1ccc(-c2cc(Cl)ccc2F)nn1. The highest BCUT2D eigenvalue weighted by molar-refractivity contribution is 6.30. The summed E-state index contributed by atoms with van der Waals surface area (Å²) in [5.41, 5.74) is 0.680. The summed E-state index contributed by atoms with van der Waals surface area (Å²) >= 11 is 5.80. The fraction of sp³-hybridized carbons (Fsp3) is 0.0833. The summed E-state index contributed by atoms with van der Waals surface area (Å²) in [6, 6.07) is 9.40. The zero-order chi connectivity index (χ0) is 13.0. The van der Waals surface area contributed by atoms with E-state index in [4.69, 9.17) is 16.9 Å². The third-order valence-electron chi connectivity index (χ3n) is 2.22. The van der Waals surface area contributed by atoms with Gasteiger partial charge in [-0.25, -0.2) is 4.39 Å². The fourth-order valence-corrected chi connectivity index (χ4v) is 1.57. The van der Waals surface area contributed by atoms with Gasteiger partial charge in [0.2, 0.25) is 0 Å². The Kier molecular flexibility index (Phi) is 3.70. The highest BCUT2D eigenvalue weighted by Gasteiger charge is 2.07. The number of aromatic nitrogens is 2. The topological polar surface area (TPSA) is 61.6 Å². The number of hydrogen-bond acceptors (Lipinski definition) is 4. The van der Waals surface area contributed by atoms with Crippen LogP contribution in [-0.4, -0.2) is 16.7 Å². The Morgan fingerprint density at radius 2 is 2.11 bits per heavy atom. The van der Waals surface area contributed by atoms with Crippen LogP contribution in [0.25, 0.3) is 11.3 Å². The second kappa shape index (κ2) is 5.43. The summed E-state index contributed by atoms with van der Waals surface area (Å²) in [6.07, 6.45) is 0. The number of halogens is 2. The number of anilines is 1. The van der Waals surface area contributed by atoms with Gasteiger partial charge in [-0.05, 0) is 30.3 Å². The largest absolute Gasteiger partial charge is 0.356 e. The lowest BCUT2D eigenvalue weighted by atomic mass is 10.1. The minimum absolute atomic E-state index is 0.138. The van der Waals surface area contributed by atoms with Crippen LogP contribution >= 0.6 is 11.6 Å². The molecular weight excluding hydrogens is 255 g/mol. The molecule has 1 aromatic heterocycles. The summed E-state index contributed by atoms with van der Waals surface area (Å²) in [4.78, 5) is 0. The van der Waals surface area contributed by atoms with Gasteiger partial charge in [0, 0.05) is 10.6 Å². The van der Waals surface area contributed by atoms with E-state index in [2.05, 4.69) is 15.5 Å². The molecule has 0 saturated heterocycles. The molecule has 0 radical (unpaired) electrons. The maximum atomic E-state index is 13.6. The Labute approximate surface area is 108 Å². The van der Waals surface area contributed by atoms with Gasteiger partial charge in [0.05, 0.1) is 11.8 Å². The molecule has 18 heavy (non-hydrogen) atoms. The third kappa shape index (κ3) is 2.73. The van der Waals surface area contributed by atoms with E-state index >= 15 is 0 Å². The molecule has 0 aliphatic carbocycles. The molecule has 1 N–H and O–H groups in total. The minimum Gasteiger partial charge on any atom is -0.356 e. The van der Waals surface area contributed by atoms with Gasteiger partial charge >= 0.3 is 0 Å². The van der Waals surface area contributed by atoms with E-state index in [1.807, 2.05) is 6.07 Å². The van der Waals surface area contributed by atoms with Crippen LogP contribution in [0, 0.1) is 17.1 Å². The van der Waals surface area contributed by atoms with Crippen LogP contribution in [0.2, 0.25) is 5.02 Å². The van der Waals surface area contributed by atoms with E-state index in [9.17, 15) is 4.39 Å². The molecule has 90 valence electrons. The van der Waals surface area contributed by atoms with E-state index in [-0.39, 0.29) is 6.54 Å². The maximum absolute atomic E-state index is 13.6. The molecule has 2 rings (SSSR count). The molecule has 0 atom stereocenters. The minimum atomic E-state index is -0.411. The molecule has 0 fully saturated rings. The number of rotatable bonds is 3. The van der Waals surface area contributed by atoms with Crippen molar-refractivity contribution in [3.05, 3.63) is 41.2 Å². The number of nitrogens with one attached hydrogen (secondary N) is 1. The molecule has 1 aromatic carbocycles. The molecule has 4 nitrogen and oxygen atoms in total. The first-order valence-corrected chi connectivity index (χ1v) is 5.48. The van der Waals surface area contributed by atoms with Crippen molar-refractivity contribution in [1.82, 2.24) is 10.2 Å². The van der Waals surface area contributed by atoms with Gasteiger partial charge in [-0.2, -0.15) is 5.26 Å². The Morgan fingerprint density at radius 3 is 2.78 bits per heavy atom. The van der Waals surface area contributed by atoms with Gasteiger partial charge in [0.25, 0.3) is 0 Å². The summed E-state index contributed by atoms with van der Waals surface area (Å²) < 4.78 is 13.6. The van der Waals surface area contributed by atoms with Gasteiger partial charge in [-0.15, -0.1) is 10.2 Å². The Balaban J connectivity index is 2.29. The Morgan fingerprint density at radius 1 is 1.28 bits per heavy atom. The van der Waals surface area contributed by atoms with Gasteiger partial charge in [-0.3, -0.25) is 0 Å². The van der Waals surface area contributed by atoms with E-state index in [0.29, 0.717) is 22.1 Å². The molecule has 0 aliphatic rings. The quantitative estimate of drug-likeness (QED) is 0.864. The number of nitrogens with zero attached hydrogens (tertiary/aromatic N) is 3. The molecule has 6 heteroatoms. The lowest BCUT2D eigenvalue weighted by Crippen LogP contribution is -2.02. The van der Waals surface area contributed by atoms with Crippen molar-refractivity contribution in [3.63, 3.8) is 0 Å². The van der Waals surface area contributed by atoms with Crippen molar-refractivity contribution in [3.8, 4) is 17.3 Å². The van der Waals surface area contributed by atoms with Crippen LogP contribution in [0.5, 0.6) is 0 Å². The van der Waals surface area contributed by atoms with Crippen LogP contribution in [0.1, 0.15) is 0 Å². The van der Waals surface area contributed by atoms with Crippen LogP contribution in [0.15, 0.2) is 30.3 Å². The average Bonchev–Trinajstić information content (AvgIpc) is 2.40. The third-order valence-corrected chi connectivity index (χ3v) is 2.45. The Hall–Kier alpha value is -2.19. The monoisotopic (exact) mass is 262 g/mol. The summed E-state index contributed by atoms with van der Waals surface area (Å²) in [6.45, 7) is 0.138. The van der Waals surface area contributed by atoms with Gasteiger partial charge in [0.15, 0.2) is 0 Å². The average molecular weight is 263 g/mol. The zero-order valence-corrected chi connectivity index (χ0v) is 9.95. The van der Waals surface area contributed by atoms with Crippen molar-refractivity contribution in [2.75, 3.05) is 11.9 Å². The van der Waals surface area contributed by atoms with Gasteiger partial charge in [0.1, 0.15) is 18.2 Å². The molecule has 0 amide bonds. The van der Waals surface area contributed by atoms with Gasteiger partial charge in [-0.1, -0.05) is 11.6 Å². The summed E-state index contributed by atoms with van der Waals surface area (Å²) in [5, 5.41) is 19.3. The second-order valence-electron chi connectivity index (χ2n) is 3.44. The molecule has 0 spiro atoms. The molecule has 0 unspecified atom stereocenters. The van der Waals surface area contributed by atoms with Crippen molar-refractivity contribution in [2.24, 2.45) is 0 Å². The number of hydrogen-bond donors (Lipinski definition) is 1. The first-order valence-electron chi connectivity index (χ1n) is 5.10. The normalized spacial score (nSPS) is 9.83. The van der Waals surface area contributed by atoms with Crippen molar-refractivity contribution in [2.45, 2.75) is 0 Å². The highest BCUT2D eigenvalue weighted by atomic mass is 35.5. The lowest BCUT2D eigenvalue weighted by Gasteiger charge is -2.04. The summed E-state index contributed by atoms with van der Waals surface area (Å²) in [7, 11) is 0. The van der Waals surface area contributed by atoms with Crippen LogP contribution in [-0.2, 0) is 0 Å². The second-order valence-corrected chi connectivity index (χ2v) is 3.88. The first-order chi connectivity index (χ1) is 8.70. The predicted octanol–water partition coefficient (Wildman–Crippen LogP) is 2.87. The standard InChI is InChI=1S/C12H8ClFN4/c13-8-1-2-10(14)9(7-8)11-3-4-12(18-17-11)16-6-5-15/h1-4,7H,6H2,(H,16,18). The van der Waals surface area contributed by atoms with Crippen LogP contribution < -0.4 is 5.32 Å². The van der Waals surface area contributed by atoms with E-state index in [0.717, 1.165) is 0 Å².